The number of nitrogens with zero attached hydrogens (tertiary/aromatic N) is 3. The fourth-order valence-electron chi connectivity index (χ4n) is 2.08. The monoisotopic (exact) mass is 200 g/mol. The minimum absolute atomic E-state index is 0.924. The highest BCUT2D eigenvalue weighted by Crippen LogP contribution is 2.22. The number of aromatic amines is 1. The molecule has 0 bridgehead atoms. The van der Waals surface area contributed by atoms with Crippen molar-refractivity contribution in [2.45, 2.75) is 13.3 Å². The summed E-state index contributed by atoms with van der Waals surface area (Å²) < 4.78 is 2.15. The largest absolute Gasteiger partial charge is 0.346 e. The van der Waals surface area contributed by atoms with Crippen molar-refractivity contribution >= 4 is 22.1 Å². The Bertz CT molecular complexity index is 632. The summed E-state index contributed by atoms with van der Waals surface area (Å²) in [6, 6.07) is 2.05. The van der Waals surface area contributed by atoms with Crippen molar-refractivity contribution in [3.05, 3.63) is 24.3 Å². The van der Waals surface area contributed by atoms with Gasteiger partial charge in [0.15, 0.2) is 0 Å². The van der Waals surface area contributed by atoms with Gasteiger partial charge in [0.2, 0.25) is 0 Å². The normalized spacial score (nSPS) is 11.6. The highest BCUT2D eigenvalue weighted by molar-refractivity contribution is 6.01. The second-order valence-electron chi connectivity index (χ2n) is 3.67. The Balaban J connectivity index is 2.55. The maximum atomic E-state index is 4.55. The maximum absolute atomic E-state index is 4.55. The van der Waals surface area contributed by atoms with Crippen molar-refractivity contribution in [2.24, 2.45) is 7.05 Å². The van der Waals surface area contributed by atoms with Crippen LogP contribution in [0.3, 0.4) is 0 Å². The Morgan fingerprint density at radius 1 is 1.47 bits per heavy atom. The Labute approximate surface area is 87.0 Å². The van der Waals surface area contributed by atoms with Gasteiger partial charge >= 0.3 is 0 Å². The van der Waals surface area contributed by atoms with Crippen molar-refractivity contribution in [2.75, 3.05) is 0 Å². The standard InChI is InChI=1S/C11H12N4/c1-3-9-14-8-6-13-11-7(4-5-12-11)10(8)15(9)2/h4-6H,3H2,1-2H3,(H,12,13). The van der Waals surface area contributed by atoms with Crippen molar-refractivity contribution < 1.29 is 0 Å². The number of hydrogen-bond acceptors (Lipinski definition) is 2. The summed E-state index contributed by atoms with van der Waals surface area (Å²) in [5, 5.41) is 1.14. The number of fused-ring (bicyclic) bond motifs is 3. The van der Waals surface area contributed by atoms with Crippen LogP contribution in [0.15, 0.2) is 18.5 Å². The number of H-pyrrole nitrogens is 1. The van der Waals surface area contributed by atoms with E-state index in [-0.39, 0.29) is 0 Å². The molecule has 15 heavy (non-hydrogen) atoms. The quantitative estimate of drug-likeness (QED) is 0.653. The average molecular weight is 200 g/mol. The first-order chi connectivity index (χ1) is 7.31. The smallest absolute Gasteiger partial charge is 0.139 e. The van der Waals surface area contributed by atoms with Crippen LogP contribution in [0.5, 0.6) is 0 Å². The summed E-state index contributed by atoms with van der Waals surface area (Å²) in [6.07, 6.45) is 4.68. The zero-order valence-electron chi connectivity index (χ0n) is 8.78. The van der Waals surface area contributed by atoms with Crippen molar-refractivity contribution in [1.82, 2.24) is 19.5 Å². The lowest BCUT2D eigenvalue weighted by Crippen LogP contribution is -1.95. The molecular formula is C11H12N4. The van der Waals surface area contributed by atoms with Crippen LogP contribution < -0.4 is 0 Å². The lowest BCUT2D eigenvalue weighted by atomic mass is 10.3. The van der Waals surface area contributed by atoms with Gasteiger partial charge in [0, 0.05) is 25.1 Å². The molecule has 0 aromatic carbocycles. The fraction of sp³-hybridized carbons (Fsp3) is 0.273. The van der Waals surface area contributed by atoms with Gasteiger partial charge in [-0.1, -0.05) is 6.92 Å². The first-order valence-corrected chi connectivity index (χ1v) is 5.08. The van der Waals surface area contributed by atoms with Gasteiger partial charge in [0.1, 0.15) is 17.0 Å². The van der Waals surface area contributed by atoms with Crippen LogP contribution in [0, 0.1) is 0 Å². The maximum Gasteiger partial charge on any atom is 0.139 e. The predicted molar refractivity (Wildman–Crippen MR) is 59.7 cm³/mol. The van der Waals surface area contributed by atoms with Gasteiger partial charge in [-0.25, -0.2) is 9.97 Å². The number of hydrogen-bond donors (Lipinski definition) is 1. The topological polar surface area (TPSA) is 46.5 Å². The molecule has 3 rings (SSSR count). The van der Waals surface area contributed by atoms with Gasteiger partial charge in [0.05, 0.1) is 11.7 Å². The van der Waals surface area contributed by atoms with Gasteiger partial charge in [-0.2, -0.15) is 0 Å². The molecule has 0 spiro atoms. The minimum atomic E-state index is 0.924. The van der Waals surface area contributed by atoms with Crippen LogP contribution in [0.2, 0.25) is 0 Å². The van der Waals surface area contributed by atoms with Crippen LogP contribution in [-0.4, -0.2) is 19.5 Å². The molecule has 76 valence electrons. The van der Waals surface area contributed by atoms with Gasteiger partial charge < -0.3 is 9.55 Å². The number of aryl methyl sites for hydroxylation is 2. The molecule has 4 heteroatoms. The summed E-state index contributed by atoms with van der Waals surface area (Å²) in [5.41, 5.74) is 3.06. The van der Waals surface area contributed by atoms with Crippen LogP contribution >= 0.6 is 0 Å². The molecular weight excluding hydrogens is 188 g/mol. The Hall–Kier alpha value is -1.84. The molecule has 0 amide bonds. The van der Waals surface area contributed by atoms with E-state index in [2.05, 4.69) is 33.5 Å². The summed E-state index contributed by atoms with van der Waals surface area (Å²) in [4.78, 5) is 12.0. The van der Waals surface area contributed by atoms with Gasteiger partial charge in [-0.15, -0.1) is 0 Å². The Morgan fingerprint density at radius 2 is 2.33 bits per heavy atom. The molecule has 3 aromatic heterocycles. The molecule has 3 heterocycles. The van der Waals surface area contributed by atoms with Crippen molar-refractivity contribution in [3.63, 3.8) is 0 Å². The first kappa shape index (κ1) is 8.47. The summed E-state index contributed by atoms with van der Waals surface area (Å²) >= 11 is 0. The van der Waals surface area contributed by atoms with E-state index in [0.717, 1.165) is 34.3 Å². The number of pyridine rings is 1. The molecule has 4 nitrogen and oxygen atoms in total. The van der Waals surface area contributed by atoms with E-state index in [0.29, 0.717) is 0 Å². The average Bonchev–Trinajstić information content (AvgIpc) is 2.81. The number of aromatic nitrogens is 4. The molecule has 0 radical (unpaired) electrons. The lowest BCUT2D eigenvalue weighted by Gasteiger charge is -1.99. The molecule has 0 fully saturated rings. The SMILES string of the molecule is CCc1nc2cnc3[nH]ccc3c2n1C. The summed E-state index contributed by atoms with van der Waals surface area (Å²) in [6.45, 7) is 2.11. The van der Waals surface area contributed by atoms with Gasteiger partial charge in [0.25, 0.3) is 0 Å². The predicted octanol–water partition coefficient (Wildman–Crippen LogP) is 2.01. The van der Waals surface area contributed by atoms with Crippen LogP contribution in [-0.2, 0) is 13.5 Å². The molecule has 0 atom stereocenters. The van der Waals surface area contributed by atoms with E-state index in [1.807, 2.05) is 18.5 Å². The third-order valence-electron chi connectivity index (χ3n) is 2.83. The van der Waals surface area contributed by atoms with Gasteiger partial charge in [-0.05, 0) is 6.07 Å². The van der Waals surface area contributed by atoms with Crippen LogP contribution in [0.25, 0.3) is 22.1 Å². The van der Waals surface area contributed by atoms with E-state index in [1.54, 1.807) is 0 Å². The van der Waals surface area contributed by atoms with E-state index in [1.165, 1.54) is 0 Å². The first-order valence-electron chi connectivity index (χ1n) is 5.08. The van der Waals surface area contributed by atoms with Crippen LogP contribution in [0.4, 0.5) is 0 Å². The van der Waals surface area contributed by atoms with Crippen molar-refractivity contribution in [3.8, 4) is 0 Å². The third kappa shape index (κ3) is 1.02. The van der Waals surface area contributed by atoms with Crippen molar-refractivity contribution in [1.29, 1.82) is 0 Å². The zero-order valence-corrected chi connectivity index (χ0v) is 8.78. The van der Waals surface area contributed by atoms with E-state index >= 15 is 0 Å². The van der Waals surface area contributed by atoms with E-state index < -0.39 is 0 Å². The van der Waals surface area contributed by atoms with Gasteiger partial charge in [-0.3, -0.25) is 0 Å². The molecule has 0 saturated heterocycles. The molecule has 0 aliphatic heterocycles. The minimum Gasteiger partial charge on any atom is -0.346 e. The molecule has 1 N–H and O–H groups in total. The lowest BCUT2D eigenvalue weighted by molar-refractivity contribution is 0.830. The molecule has 0 aliphatic carbocycles. The molecule has 0 aliphatic rings. The molecule has 0 saturated carbocycles. The number of nitrogens with one attached hydrogen (secondary N) is 1. The second kappa shape index (κ2) is 2.82. The third-order valence-corrected chi connectivity index (χ3v) is 2.83. The molecule has 0 unspecified atom stereocenters. The molecule has 3 aromatic rings. The number of rotatable bonds is 1. The van der Waals surface area contributed by atoms with E-state index in [9.17, 15) is 0 Å². The highest BCUT2D eigenvalue weighted by atomic mass is 15.1. The number of imidazole rings is 1. The summed E-state index contributed by atoms with van der Waals surface area (Å²) in [5.74, 6) is 1.10. The summed E-state index contributed by atoms with van der Waals surface area (Å²) in [7, 11) is 2.06. The van der Waals surface area contributed by atoms with E-state index in [4.69, 9.17) is 0 Å². The second-order valence-corrected chi connectivity index (χ2v) is 3.67. The Morgan fingerprint density at radius 3 is 3.13 bits per heavy atom. The van der Waals surface area contributed by atoms with Crippen LogP contribution in [0.1, 0.15) is 12.7 Å². The fourth-order valence-corrected chi connectivity index (χ4v) is 2.08. The Kier molecular flexibility index (Phi) is 1.59. The highest BCUT2D eigenvalue weighted by Gasteiger charge is 2.10. The zero-order chi connectivity index (χ0) is 10.4.